The molecule has 0 aromatic carbocycles. The van der Waals surface area contributed by atoms with Gasteiger partial charge in [0.15, 0.2) is 0 Å². The van der Waals surface area contributed by atoms with Crippen LogP contribution in [0, 0.1) is 10.8 Å². The molecule has 15 heavy (non-hydrogen) atoms. The Morgan fingerprint density at radius 1 is 1.07 bits per heavy atom. The predicted molar refractivity (Wildman–Crippen MR) is 69.5 cm³/mol. The molecule has 0 bridgehead atoms. The minimum Gasteiger partial charge on any atom is -0.302 e. The van der Waals surface area contributed by atoms with Crippen molar-refractivity contribution in [2.45, 2.75) is 46.0 Å². The molecule has 0 amide bonds. The maximum Gasteiger partial charge on any atom is 0.0100 e. The molecule has 0 radical (unpaired) electrons. The Kier molecular flexibility index (Phi) is 3.47. The van der Waals surface area contributed by atoms with Gasteiger partial charge in [-0.15, -0.1) is 0 Å². The molecule has 2 fully saturated rings. The second-order valence-electron chi connectivity index (χ2n) is 5.80. The molecule has 1 nitrogen and oxygen atoms in total. The number of halogens is 1. The molecular weight excluding hydrogens is 250 g/mol. The largest absolute Gasteiger partial charge is 0.302 e. The van der Waals surface area contributed by atoms with E-state index in [1.807, 2.05) is 0 Å². The highest BCUT2D eigenvalue weighted by molar-refractivity contribution is 9.09. The Hall–Kier alpha value is 0.440. The SMILES string of the molecule is CCC1(CC)CCN(CC2(CBr)CC2)C1. The first kappa shape index (κ1) is 11.9. The first-order chi connectivity index (χ1) is 7.17. The lowest BCUT2D eigenvalue weighted by Crippen LogP contribution is -2.32. The maximum atomic E-state index is 3.68. The predicted octanol–water partition coefficient (Wildman–Crippen LogP) is 3.67. The molecule has 2 aliphatic rings. The van der Waals surface area contributed by atoms with Crippen molar-refractivity contribution in [3.63, 3.8) is 0 Å². The second kappa shape index (κ2) is 4.37. The van der Waals surface area contributed by atoms with E-state index in [1.54, 1.807) is 0 Å². The van der Waals surface area contributed by atoms with Gasteiger partial charge < -0.3 is 4.90 Å². The summed E-state index contributed by atoms with van der Waals surface area (Å²) in [6.45, 7) is 8.78. The lowest BCUT2D eigenvalue weighted by Gasteiger charge is -2.28. The second-order valence-corrected chi connectivity index (χ2v) is 6.36. The molecule has 0 N–H and O–H groups in total. The zero-order valence-corrected chi connectivity index (χ0v) is 11.8. The van der Waals surface area contributed by atoms with E-state index in [4.69, 9.17) is 0 Å². The zero-order valence-electron chi connectivity index (χ0n) is 10.2. The Morgan fingerprint density at radius 2 is 1.73 bits per heavy atom. The minimum atomic E-state index is 0.655. The first-order valence-electron chi connectivity index (χ1n) is 6.46. The number of likely N-dealkylation sites (tertiary alicyclic amines) is 1. The Bertz CT molecular complexity index is 219. The van der Waals surface area contributed by atoms with Crippen LogP contribution in [-0.4, -0.2) is 29.9 Å². The van der Waals surface area contributed by atoms with E-state index < -0.39 is 0 Å². The van der Waals surface area contributed by atoms with Crippen LogP contribution < -0.4 is 0 Å². The normalized spacial score (nSPS) is 28.2. The van der Waals surface area contributed by atoms with Gasteiger partial charge in [-0.3, -0.25) is 0 Å². The molecular formula is C13H24BrN. The van der Waals surface area contributed by atoms with Crippen molar-refractivity contribution in [3.05, 3.63) is 0 Å². The summed E-state index contributed by atoms with van der Waals surface area (Å²) in [5.41, 5.74) is 1.32. The van der Waals surface area contributed by atoms with Gasteiger partial charge in [0, 0.05) is 18.4 Å². The average molecular weight is 274 g/mol. The summed E-state index contributed by atoms with van der Waals surface area (Å²) >= 11 is 3.68. The van der Waals surface area contributed by atoms with Crippen molar-refractivity contribution in [2.24, 2.45) is 10.8 Å². The van der Waals surface area contributed by atoms with Crippen LogP contribution in [0.5, 0.6) is 0 Å². The highest BCUT2D eigenvalue weighted by atomic mass is 79.9. The molecule has 1 aliphatic carbocycles. The third kappa shape index (κ3) is 2.41. The molecule has 1 saturated carbocycles. The third-order valence-corrected chi connectivity index (χ3v) is 6.01. The van der Waals surface area contributed by atoms with Crippen LogP contribution in [0.1, 0.15) is 46.0 Å². The van der Waals surface area contributed by atoms with Gasteiger partial charge in [0.1, 0.15) is 0 Å². The fourth-order valence-electron chi connectivity index (χ4n) is 2.97. The van der Waals surface area contributed by atoms with E-state index in [0.29, 0.717) is 10.8 Å². The van der Waals surface area contributed by atoms with Crippen molar-refractivity contribution in [1.29, 1.82) is 0 Å². The molecule has 0 aromatic rings. The van der Waals surface area contributed by atoms with Crippen LogP contribution in [0.3, 0.4) is 0 Å². The molecule has 0 atom stereocenters. The lowest BCUT2D eigenvalue weighted by atomic mass is 9.82. The summed E-state index contributed by atoms with van der Waals surface area (Å²) < 4.78 is 0. The van der Waals surface area contributed by atoms with E-state index in [1.165, 1.54) is 57.1 Å². The van der Waals surface area contributed by atoms with Gasteiger partial charge in [0.25, 0.3) is 0 Å². The Labute approximate surface area is 103 Å². The van der Waals surface area contributed by atoms with Crippen molar-refractivity contribution in [3.8, 4) is 0 Å². The van der Waals surface area contributed by atoms with E-state index in [-0.39, 0.29) is 0 Å². The van der Waals surface area contributed by atoms with Gasteiger partial charge in [-0.1, -0.05) is 29.8 Å². The van der Waals surface area contributed by atoms with Crippen LogP contribution in [0.15, 0.2) is 0 Å². The fraction of sp³-hybridized carbons (Fsp3) is 1.00. The van der Waals surface area contributed by atoms with E-state index in [9.17, 15) is 0 Å². The average Bonchev–Trinajstić information content (AvgIpc) is 2.92. The standard InChI is InChI=1S/C13H24BrN/c1-3-12(4-2)7-8-15(10-12)11-13(9-14)5-6-13/h3-11H2,1-2H3. The topological polar surface area (TPSA) is 3.24 Å². The fourth-order valence-corrected chi connectivity index (χ4v) is 3.71. The minimum absolute atomic E-state index is 0.655. The monoisotopic (exact) mass is 273 g/mol. The summed E-state index contributed by atoms with van der Waals surface area (Å²) in [7, 11) is 0. The quantitative estimate of drug-likeness (QED) is 0.691. The van der Waals surface area contributed by atoms with Gasteiger partial charge in [-0.2, -0.15) is 0 Å². The highest BCUT2D eigenvalue weighted by Gasteiger charge is 2.45. The van der Waals surface area contributed by atoms with Crippen LogP contribution in [-0.2, 0) is 0 Å². The first-order valence-corrected chi connectivity index (χ1v) is 7.58. The van der Waals surface area contributed by atoms with E-state index >= 15 is 0 Å². The molecule has 0 spiro atoms. The van der Waals surface area contributed by atoms with Gasteiger partial charge in [0.05, 0.1) is 0 Å². The van der Waals surface area contributed by atoms with Gasteiger partial charge in [-0.25, -0.2) is 0 Å². The van der Waals surface area contributed by atoms with Crippen molar-refractivity contribution in [2.75, 3.05) is 25.0 Å². The smallest absolute Gasteiger partial charge is 0.0100 e. The van der Waals surface area contributed by atoms with Crippen LogP contribution in [0.2, 0.25) is 0 Å². The van der Waals surface area contributed by atoms with E-state index in [0.717, 1.165) is 0 Å². The molecule has 1 heterocycles. The van der Waals surface area contributed by atoms with Gasteiger partial charge >= 0.3 is 0 Å². The van der Waals surface area contributed by atoms with Crippen LogP contribution in [0.25, 0.3) is 0 Å². The van der Waals surface area contributed by atoms with Crippen LogP contribution >= 0.6 is 15.9 Å². The summed E-state index contributed by atoms with van der Waals surface area (Å²) in [4.78, 5) is 2.72. The number of rotatable bonds is 5. The molecule has 1 aliphatic heterocycles. The van der Waals surface area contributed by atoms with Gasteiger partial charge in [-0.05, 0) is 49.5 Å². The van der Waals surface area contributed by atoms with E-state index in [2.05, 4.69) is 34.7 Å². The molecule has 2 rings (SSSR count). The molecule has 1 saturated heterocycles. The summed E-state index contributed by atoms with van der Waals surface area (Å²) in [6, 6.07) is 0. The van der Waals surface area contributed by atoms with Crippen molar-refractivity contribution < 1.29 is 0 Å². The molecule has 0 unspecified atom stereocenters. The number of nitrogens with zero attached hydrogens (tertiary/aromatic N) is 1. The summed E-state index contributed by atoms with van der Waals surface area (Å²) in [5.74, 6) is 0. The highest BCUT2D eigenvalue weighted by Crippen LogP contribution is 2.49. The molecule has 0 aromatic heterocycles. The Balaban J connectivity index is 1.87. The Morgan fingerprint density at radius 3 is 2.13 bits per heavy atom. The lowest BCUT2D eigenvalue weighted by molar-refractivity contribution is 0.218. The van der Waals surface area contributed by atoms with Crippen molar-refractivity contribution >= 4 is 15.9 Å². The summed E-state index contributed by atoms with van der Waals surface area (Å²) in [6.07, 6.45) is 7.04. The third-order valence-electron chi connectivity index (χ3n) is 4.82. The maximum absolute atomic E-state index is 3.68. The molecule has 88 valence electrons. The van der Waals surface area contributed by atoms with Gasteiger partial charge in [0.2, 0.25) is 0 Å². The number of hydrogen-bond donors (Lipinski definition) is 0. The van der Waals surface area contributed by atoms with Crippen LogP contribution in [0.4, 0.5) is 0 Å². The summed E-state index contributed by atoms with van der Waals surface area (Å²) in [5, 5.41) is 1.21. The number of hydrogen-bond acceptors (Lipinski definition) is 1. The number of alkyl halides is 1. The van der Waals surface area contributed by atoms with Crippen molar-refractivity contribution in [1.82, 2.24) is 4.90 Å². The molecule has 2 heteroatoms. The zero-order chi connectivity index (χ0) is 10.9.